The molecule has 0 radical (unpaired) electrons. The number of amides is 1. The van der Waals surface area contributed by atoms with Gasteiger partial charge in [-0.2, -0.15) is 0 Å². The molecule has 1 aromatic carbocycles. The van der Waals surface area contributed by atoms with E-state index in [1.165, 1.54) is 5.56 Å². The predicted octanol–water partition coefficient (Wildman–Crippen LogP) is 1.45. The largest absolute Gasteiger partial charge is 0.491 e. The molecule has 1 rings (SSSR count). The highest BCUT2D eigenvalue weighted by molar-refractivity contribution is 5.84. The first-order valence-corrected chi connectivity index (χ1v) is 5.99. The van der Waals surface area contributed by atoms with Gasteiger partial charge >= 0.3 is 0 Å². The van der Waals surface area contributed by atoms with Gasteiger partial charge in [0, 0.05) is 0 Å². The molecular weight excluding hydrogens is 228 g/mol. The number of aryl methyl sites for hydroxylation is 3. The van der Waals surface area contributed by atoms with Gasteiger partial charge in [0.25, 0.3) is 0 Å². The van der Waals surface area contributed by atoms with Crippen molar-refractivity contribution in [1.82, 2.24) is 5.32 Å². The Bertz CT molecular complexity index is 434. The quantitative estimate of drug-likeness (QED) is 0.831. The highest BCUT2D eigenvalue weighted by Crippen LogP contribution is 2.25. The second-order valence-corrected chi connectivity index (χ2v) is 4.96. The van der Waals surface area contributed by atoms with Crippen molar-refractivity contribution < 1.29 is 9.53 Å². The normalized spacial score (nSPS) is 14.1. The van der Waals surface area contributed by atoms with Crippen molar-refractivity contribution in [2.24, 2.45) is 5.73 Å². The van der Waals surface area contributed by atoms with Crippen LogP contribution in [-0.4, -0.2) is 25.1 Å². The first-order valence-electron chi connectivity index (χ1n) is 5.99. The maximum absolute atomic E-state index is 11.4. The number of benzene rings is 1. The third-order valence-electron chi connectivity index (χ3n) is 3.21. The van der Waals surface area contributed by atoms with Crippen LogP contribution >= 0.6 is 0 Å². The van der Waals surface area contributed by atoms with E-state index < -0.39 is 11.4 Å². The molecule has 0 fully saturated rings. The summed E-state index contributed by atoms with van der Waals surface area (Å²) < 4.78 is 5.78. The van der Waals surface area contributed by atoms with E-state index in [0.717, 1.165) is 16.9 Å². The second-order valence-electron chi connectivity index (χ2n) is 4.96. The van der Waals surface area contributed by atoms with E-state index in [0.29, 0.717) is 0 Å². The molecular formula is C14H22N2O2. The Morgan fingerprint density at radius 3 is 2.22 bits per heavy atom. The Morgan fingerprint density at radius 2 is 1.83 bits per heavy atom. The summed E-state index contributed by atoms with van der Waals surface area (Å²) in [7, 11) is 1.70. The number of rotatable bonds is 5. The van der Waals surface area contributed by atoms with Crippen LogP contribution < -0.4 is 15.8 Å². The molecule has 0 aromatic heterocycles. The van der Waals surface area contributed by atoms with Gasteiger partial charge in [0.1, 0.15) is 17.9 Å². The molecule has 0 spiro atoms. The first kappa shape index (κ1) is 14.5. The fraction of sp³-hybridized carbons (Fsp3) is 0.500. The van der Waals surface area contributed by atoms with Gasteiger partial charge in [0.2, 0.25) is 5.91 Å². The van der Waals surface area contributed by atoms with Crippen molar-refractivity contribution in [3.63, 3.8) is 0 Å². The van der Waals surface area contributed by atoms with E-state index in [1.54, 1.807) is 14.0 Å². The van der Waals surface area contributed by atoms with Crippen LogP contribution in [0.15, 0.2) is 12.1 Å². The Balaban J connectivity index is 2.90. The average Bonchev–Trinajstić information content (AvgIpc) is 2.26. The molecule has 0 bridgehead atoms. The number of hydrogen-bond acceptors (Lipinski definition) is 3. The number of hydrogen-bond donors (Lipinski definition) is 2. The summed E-state index contributed by atoms with van der Waals surface area (Å²) >= 11 is 0. The number of nitrogens with one attached hydrogen (secondary N) is 1. The SMILES string of the molecule is CNC(C)(COc1c(C)cc(C)cc1C)C(N)=O. The van der Waals surface area contributed by atoms with Crippen molar-refractivity contribution >= 4 is 5.91 Å². The molecule has 1 atom stereocenters. The van der Waals surface area contributed by atoms with Crippen LogP contribution in [0.2, 0.25) is 0 Å². The summed E-state index contributed by atoms with van der Waals surface area (Å²) in [6.45, 7) is 7.98. The molecule has 0 saturated carbocycles. The molecule has 0 heterocycles. The molecule has 4 heteroatoms. The molecule has 0 aliphatic carbocycles. The molecule has 100 valence electrons. The minimum atomic E-state index is -0.857. The van der Waals surface area contributed by atoms with Crippen LogP contribution in [0.5, 0.6) is 5.75 Å². The van der Waals surface area contributed by atoms with E-state index in [4.69, 9.17) is 10.5 Å². The topological polar surface area (TPSA) is 64.3 Å². The molecule has 1 aromatic rings. The second kappa shape index (κ2) is 5.40. The summed E-state index contributed by atoms with van der Waals surface area (Å²) in [5.74, 6) is 0.399. The van der Waals surface area contributed by atoms with Gasteiger partial charge < -0.3 is 15.8 Å². The lowest BCUT2D eigenvalue weighted by molar-refractivity contribution is -0.124. The summed E-state index contributed by atoms with van der Waals surface area (Å²) in [4.78, 5) is 11.4. The maximum atomic E-state index is 11.4. The summed E-state index contributed by atoms with van der Waals surface area (Å²) in [5, 5.41) is 2.90. The minimum absolute atomic E-state index is 0.212. The first-order chi connectivity index (χ1) is 8.30. The van der Waals surface area contributed by atoms with Crippen LogP contribution in [-0.2, 0) is 4.79 Å². The van der Waals surface area contributed by atoms with Gasteiger partial charge in [-0.15, -0.1) is 0 Å². The number of ether oxygens (including phenoxy) is 1. The Morgan fingerprint density at radius 1 is 1.33 bits per heavy atom. The van der Waals surface area contributed by atoms with Crippen LogP contribution in [0.4, 0.5) is 0 Å². The number of primary amides is 1. The predicted molar refractivity (Wildman–Crippen MR) is 72.8 cm³/mol. The van der Waals surface area contributed by atoms with Gasteiger partial charge in [-0.3, -0.25) is 4.79 Å². The lowest BCUT2D eigenvalue weighted by Gasteiger charge is -2.26. The Labute approximate surface area is 109 Å². The van der Waals surface area contributed by atoms with Crippen molar-refractivity contribution in [3.8, 4) is 5.75 Å². The highest BCUT2D eigenvalue weighted by atomic mass is 16.5. The standard InChI is InChI=1S/C14H22N2O2/c1-9-6-10(2)12(11(3)7-9)18-8-14(4,16-5)13(15)17/h6-7,16H,8H2,1-5H3,(H2,15,17). The van der Waals surface area contributed by atoms with Crippen molar-refractivity contribution in [3.05, 3.63) is 28.8 Å². The molecule has 1 amide bonds. The number of carbonyl (C=O) groups excluding carboxylic acids is 1. The average molecular weight is 250 g/mol. The van der Waals surface area contributed by atoms with E-state index >= 15 is 0 Å². The van der Waals surface area contributed by atoms with Crippen molar-refractivity contribution in [2.75, 3.05) is 13.7 Å². The molecule has 1 unspecified atom stereocenters. The number of carbonyl (C=O) groups is 1. The number of nitrogens with two attached hydrogens (primary N) is 1. The van der Waals surface area contributed by atoms with E-state index in [9.17, 15) is 4.79 Å². The van der Waals surface area contributed by atoms with Gasteiger partial charge in [-0.1, -0.05) is 17.7 Å². The summed E-state index contributed by atoms with van der Waals surface area (Å²) in [6, 6.07) is 4.12. The summed E-state index contributed by atoms with van der Waals surface area (Å²) in [6.07, 6.45) is 0. The van der Waals surface area contributed by atoms with Crippen LogP contribution in [0.25, 0.3) is 0 Å². The third-order valence-corrected chi connectivity index (χ3v) is 3.21. The minimum Gasteiger partial charge on any atom is -0.491 e. The van der Waals surface area contributed by atoms with Crippen molar-refractivity contribution in [1.29, 1.82) is 0 Å². The van der Waals surface area contributed by atoms with Crippen LogP contribution in [0, 0.1) is 20.8 Å². The third kappa shape index (κ3) is 3.01. The monoisotopic (exact) mass is 250 g/mol. The van der Waals surface area contributed by atoms with E-state index in [-0.39, 0.29) is 6.61 Å². The number of likely N-dealkylation sites (N-methyl/N-ethyl adjacent to an activating group) is 1. The van der Waals surface area contributed by atoms with Gasteiger partial charge in [0.15, 0.2) is 0 Å². The Hall–Kier alpha value is -1.55. The fourth-order valence-corrected chi connectivity index (χ4v) is 1.88. The zero-order valence-electron chi connectivity index (χ0n) is 11.8. The van der Waals surface area contributed by atoms with Crippen LogP contribution in [0.1, 0.15) is 23.6 Å². The molecule has 0 aliphatic heterocycles. The van der Waals surface area contributed by atoms with E-state index in [1.807, 2.05) is 20.8 Å². The summed E-state index contributed by atoms with van der Waals surface area (Å²) in [5.41, 5.74) is 7.84. The van der Waals surface area contributed by atoms with Crippen molar-refractivity contribution in [2.45, 2.75) is 33.2 Å². The lowest BCUT2D eigenvalue weighted by Crippen LogP contribution is -2.55. The maximum Gasteiger partial charge on any atom is 0.240 e. The van der Waals surface area contributed by atoms with E-state index in [2.05, 4.69) is 17.4 Å². The van der Waals surface area contributed by atoms with Gasteiger partial charge in [-0.25, -0.2) is 0 Å². The Kier molecular flexibility index (Phi) is 4.35. The molecule has 4 nitrogen and oxygen atoms in total. The fourth-order valence-electron chi connectivity index (χ4n) is 1.88. The smallest absolute Gasteiger partial charge is 0.240 e. The molecule has 18 heavy (non-hydrogen) atoms. The highest BCUT2D eigenvalue weighted by Gasteiger charge is 2.30. The molecule has 3 N–H and O–H groups in total. The lowest BCUT2D eigenvalue weighted by atomic mass is 10.0. The molecule has 0 saturated heterocycles. The van der Waals surface area contributed by atoms with Gasteiger partial charge in [0.05, 0.1) is 0 Å². The molecule has 0 aliphatic rings. The zero-order chi connectivity index (χ0) is 13.9. The van der Waals surface area contributed by atoms with Gasteiger partial charge in [-0.05, 0) is 45.9 Å². The van der Waals surface area contributed by atoms with Crippen LogP contribution in [0.3, 0.4) is 0 Å². The zero-order valence-corrected chi connectivity index (χ0v) is 11.8.